The normalized spacial score (nSPS) is 20.4. The number of carbonyl (C=O) groups is 1. The Morgan fingerprint density at radius 3 is 2.68 bits per heavy atom. The number of nitrogens with zero attached hydrogens (tertiary/aromatic N) is 5. The van der Waals surface area contributed by atoms with Crippen molar-refractivity contribution in [2.75, 3.05) is 37.7 Å². The topological polar surface area (TPSA) is 71.5 Å². The summed E-state index contributed by atoms with van der Waals surface area (Å²) in [6.45, 7) is 3.83. The summed E-state index contributed by atoms with van der Waals surface area (Å²) in [5.41, 5.74) is 0. The molecule has 7 nitrogen and oxygen atoms in total. The second-order valence-electron chi connectivity index (χ2n) is 7.39. The predicted molar refractivity (Wildman–Crippen MR) is 106 cm³/mol. The van der Waals surface area contributed by atoms with Gasteiger partial charge in [-0.1, -0.05) is 11.6 Å². The molecule has 8 heteroatoms. The van der Waals surface area contributed by atoms with E-state index in [-0.39, 0.29) is 11.8 Å². The van der Waals surface area contributed by atoms with Crippen LogP contribution in [0.5, 0.6) is 5.88 Å². The van der Waals surface area contributed by atoms with E-state index in [4.69, 9.17) is 16.3 Å². The molecule has 0 radical (unpaired) electrons. The highest BCUT2D eigenvalue weighted by atomic mass is 35.5. The Labute approximate surface area is 169 Å². The van der Waals surface area contributed by atoms with Crippen LogP contribution in [0, 0.1) is 11.8 Å². The van der Waals surface area contributed by atoms with E-state index in [0.29, 0.717) is 23.4 Å². The number of pyridine rings is 1. The molecule has 1 unspecified atom stereocenters. The lowest BCUT2D eigenvalue weighted by Crippen LogP contribution is -2.42. The number of aromatic nitrogens is 3. The minimum Gasteiger partial charge on any atom is -0.477 e. The van der Waals surface area contributed by atoms with Gasteiger partial charge in [-0.05, 0) is 25.3 Å². The van der Waals surface area contributed by atoms with Gasteiger partial charge in [-0.3, -0.25) is 9.78 Å². The number of rotatable bonds is 5. The van der Waals surface area contributed by atoms with Gasteiger partial charge in [0.1, 0.15) is 5.82 Å². The second-order valence-corrected chi connectivity index (χ2v) is 7.83. The van der Waals surface area contributed by atoms with Crippen molar-refractivity contribution < 1.29 is 9.53 Å². The third kappa shape index (κ3) is 4.52. The summed E-state index contributed by atoms with van der Waals surface area (Å²) in [4.78, 5) is 29.8. The van der Waals surface area contributed by atoms with Crippen molar-refractivity contribution in [3.8, 4) is 5.88 Å². The van der Waals surface area contributed by atoms with Gasteiger partial charge in [-0.2, -0.15) is 0 Å². The van der Waals surface area contributed by atoms with Crippen LogP contribution in [0.3, 0.4) is 0 Å². The zero-order valence-electron chi connectivity index (χ0n) is 15.7. The zero-order valence-corrected chi connectivity index (χ0v) is 16.5. The molecule has 0 aliphatic carbocycles. The minimum absolute atomic E-state index is 0.102. The first-order chi connectivity index (χ1) is 13.7. The van der Waals surface area contributed by atoms with Crippen molar-refractivity contribution in [3.63, 3.8) is 0 Å². The molecule has 1 amide bonds. The summed E-state index contributed by atoms with van der Waals surface area (Å²) in [7, 11) is 0. The van der Waals surface area contributed by atoms with Crippen LogP contribution >= 0.6 is 11.6 Å². The molecule has 2 aromatic heterocycles. The van der Waals surface area contributed by atoms with Crippen molar-refractivity contribution in [3.05, 3.63) is 41.9 Å². The van der Waals surface area contributed by atoms with Gasteiger partial charge in [0.2, 0.25) is 11.8 Å². The molecule has 2 fully saturated rings. The van der Waals surface area contributed by atoms with E-state index in [0.717, 1.165) is 51.3 Å². The molecular formula is C20H24ClN5O2. The molecule has 4 rings (SSSR count). The maximum absolute atomic E-state index is 12.9. The highest BCUT2D eigenvalue weighted by molar-refractivity contribution is 6.30. The number of ether oxygens (including phenoxy) is 1. The fraction of sp³-hybridized carbons (Fsp3) is 0.500. The number of likely N-dealkylation sites (tertiary alicyclic amines) is 1. The van der Waals surface area contributed by atoms with Crippen molar-refractivity contribution in [2.24, 2.45) is 11.8 Å². The summed E-state index contributed by atoms with van der Waals surface area (Å²) in [6, 6.07) is 3.53. The average Bonchev–Trinajstić information content (AvgIpc) is 3.23. The average molecular weight is 402 g/mol. The Kier molecular flexibility index (Phi) is 5.90. The van der Waals surface area contributed by atoms with E-state index in [1.165, 1.54) is 0 Å². The zero-order chi connectivity index (χ0) is 19.3. The standard InChI is InChI=1S/C20H24ClN5O2/c21-17-1-2-19(24-11-17)28-14-15-3-8-26(13-15)20(27)16-4-9-25(10-5-16)18-12-22-6-7-23-18/h1-2,6-7,11-12,15-16H,3-5,8-10,13-14H2. The molecule has 0 aromatic carbocycles. The maximum Gasteiger partial charge on any atom is 0.225 e. The monoisotopic (exact) mass is 401 g/mol. The van der Waals surface area contributed by atoms with E-state index < -0.39 is 0 Å². The second kappa shape index (κ2) is 8.73. The summed E-state index contributed by atoms with van der Waals surface area (Å²) in [5.74, 6) is 2.20. The molecule has 2 saturated heterocycles. The summed E-state index contributed by atoms with van der Waals surface area (Å²) < 4.78 is 5.75. The van der Waals surface area contributed by atoms with Crippen molar-refractivity contribution in [1.82, 2.24) is 19.9 Å². The number of hydrogen-bond donors (Lipinski definition) is 0. The van der Waals surface area contributed by atoms with Gasteiger partial charge >= 0.3 is 0 Å². The highest BCUT2D eigenvalue weighted by Gasteiger charge is 2.33. The van der Waals surface area contributed by atoms with Crippen LogP contribution in [0.15, 0.2) is 36.9 Å². The maximum atomic E-state index is 12.9. The molecule has 2 aliphatic rings. The van der Waals surface area contributed by atoms with Crippen molar-refractivity contribution in [1.29, 1.82) is 0 Å². The molecule has 2 aliphatic heterocycles. The van der Waals surface area contributed by atoms with Gasteiger partial charge in [-0.25, -0.2) is 9.97 Å². The van der Waals surface area contributed by atoms with E-state index in [1.54, 1.807) is 36.9 Å². The summed E-state index contributed by atoms with van der Waals surface area (Å²) in [5, 5.41) is 0.593. The fourth-order valence-corrected chi connectivity index (χ4v) is 4.00. The van der Waals surface area contributed by atoms with Crippen LogP contribution in [-0.2, 0) is 4.79 Å². The summed E-state index contributed by atoms with van der Waals surface area (Å²) in [6.07, 6.45) is 9.44. The Balaban J connectivity index is 1.23. The molecule has 4 heterocycles. The first kappa shape index (κ1) is 18.9. The third-order valence-electron chi connectivity index (χ3n) is 5.48. The molecular weight excluding hydrogens is 378 g/mol. The quantitative estimate of drug-likeness (QED) is 0.767. The van der Waals surface area contributed by atoms with E-state index in [9.17, 15) is 4.79 Å². The molecule has 2 aromatic rings. The Morgan fingerprint density at radius 2 is 1.96 bits per heavy atom. The van der Waals surface area contributed by atoms with Crippen LogP contribution in [-0.4, -0.2) is 58.5 Å². The van der Waals surface area contributed by atoms with E-state index in [2.05, 4.69) is 19.9 Å². The number of piperidine rings is 1. The predicted octanol–water partition coefficient (Wildman–Crippen LogP) is 2.67. The van der Waals surface area contributed by atoms with Crippen LogP contribution in [0.4, 0.5) is 5.82 Å². The molecule has 0 saturated carbocycles. The minimum atomic E-state index is 0.102. The van der Waals surface area contributed by atoms with Gasteiger partial charge < -0.3 is 14.5 Å². The lowest BCUT2D eigenvalue weighted by Gasteiger charge is -2.33. The number of halogens is 1. The van der Waals surface area contributed by atoms with Crippen molar-refractivity contribution in [2.45, 2.75) is 19.3 Å². The number of hydrogen-bond acceptors (Lipinski definition) is 6. The summed E-state index contributed by atoms with van der Waals surface area (Å²) >= 11 is 5.84. The Morgan fingerprint density at radius 1 is 1.11 bits per heavy atom. The van der Waals surface area contributed by atoms with Gasteiger partial charge in [0.25, 0.3) is 0 Å². The Hall–Kier alpha value is -2.41. The lowest BCUT2D eigenvalue weighted by atomic mass is 9.95. The highest BCUT2D eigenvalue weighted by Crippen LogP contribution is 2.26. The van der Waals surface area contributed by atoms with Gasteiger partial charge in [0.15, 0.2) is 0 Å². The first-order valence-electron chi connectivity index (χ1n) is 9.73. The van der Waals surface area contributed by atoms with Gasteiger partial charge in [0.05, 0.1) is 17.8 Å². The molecule has 28 heavy (non-hydrogen) atoms. The largest absolute Gasteiger partial charge is 0.477 e. The molecule has 148 valence electrons. The Bertz CT molecular complexity index is 781. The van der Waals surface area contributed by atoms with Crippen LogP contribution in [0.25, 0.3) is 0 Å². The molecule has 0 spiro atoms. The smallest absolute Gasteiger partial charge is 0.225 e. The first-order valence-corrected chi connectivity index (χ1v) is 10.1. The molecule has 0 N–H and O–H groups in total. The molecule has 0 bridgehead atoms. The SMILES string of the molecule is O=C(C1CCN(c2cnccn2)CC1)N1CCC(COc2ccc(Cl)cn2)C1. The van der Waals surface area contributed by atoms with Gasteiger partial charge in [-0.15, -0.1) is 0 Å². The van der Waals surface area contributed by atoms with Crippen LogP contribution in [0.2, 0.25) is 5.02 Å². The van der Waals surface area contributed by atoms with E-state index >= 15 is 0 Å². The number of carbonyl (C=O) groups excluding carboxylic acids is 1. The van der Waals surface area contributed by atoms with Crippen LogP contribution < -0.4 is 9.64 Å². The number of amides is 1. The fourth-order valence-electron chi connectivity index (χ4n) is 3.89. The third-order valence-corrected chi connectivity index (χ3v) is 5.71. The molecule has 1 atom stereocenters. The van der Waals surface area contributed by atoms with E-state index in [1.807, 2.05) is 4.90 Å². The number of anilines is 1. The van der Waals surface area contributed by atoms with Crippen molar-refractivity contribution >= 4 is 23.3 Å². The van der Waals surface area contributed by atoms with Gasteiger partial charge in [0, 0.05) is 62.7 Å². The van der Waals surface area contributed by atoms with Crippen LogP contribution in [0.1, 0.15) is 19.3 Å². The lowest BCUT2D eigenvalue weighted by molar-refractivity contribution is -0.135.